The summed E-state index contributed by atoms with van der Waals surface area (Å²) in [7, 11) is 3.89. The number of allylic oxidation sites excluding steroid dienone is 1. The number of halogens is 1. The van der Waals surface area contributed by atoms with E-state index in [1.54, 1.807) is 11.3 Å². The first-order valence-electron chi connectivity index (χ1n) is 7.17. The normalized spacial score (nSPS) is 10.9. The number of aromatic nitrogens is 1. The van der Waals surface area contributed by atoms with Crippen molar-refractivity contribution in [1.29, 1.82) is 0 Å². The Morgan fingerprint density at radius 3 is 2.90 bits per heavy atom. The Bertz CT molecular complexity index is 431. The van der Waals surface area contributed by atoms with Crippen LogP contribution in [0.15, 0.2) is 23.8 Å². The second kappa shape index (κ2) is 12.0. The zero-order valence-electron chi connectivity index (χ0n) is 13.3. The fraction of sp³-hybridized carbons (Fsp3) is 0.600. The fourth-order valence-electron chi connectivity index (χ4n) is 1.87. The Morgan fingerprint density at radius 2 is 2.33 bits per heavy atom. The zero-order valence-corrected chi connectivity index (χ0v) is 16.4. The highest BCUT2D eigenvalue weighted by Crippen LogP contribution is 2.13. The van der Waals surface area contributed by atoms with Gasteiger partial charge >= 0.3 is 0 Å². The number of thiazole rings is 1. The van der Waals surface area contributed by atoms with E-state index < -0.39 is 0 Å². The molecule has 0 amide bonds. The highest BCUT2D eigenvalue weighted by atomic mass is 127. The van der Waals surface area contributed by atoms with Crippen LogP contribution in [0.1, 0.15) is 29.7 Å². The molecule has 0 bridgehead atoms. The summed E-state index contributed by atoms with van der Waals surface area (Å²) in [5.41, 5.74) is 0. The van der Waals surface area contributed by atoms with Gasteiger partial charge in [0, 0.05) is 44.7 Å². The number of nitrogens with zero attached hydrogens (tertiary/aromatic N) is 3. The lowest BCUT2D eigenvalue weighted by Gasteiger charge is -2.21. The second-order valence-corrected chi connectivity index (χ2v) is 5.85. The maximum absolute atomic E-state index is 4.43. The second-order valence-electron chi connectivity index (χ2n) is 4.65. The average Bonchev–Trinajstić information content (AvgIpc) is 2.91. The van der Waals surface area contributed by atoms with Crippen LogP contribution in [-0.2, 0) is 12.8 Å². The monoisotopic (exact) mass is 422 g/mol. The highest BCUT2D eigenvalue weighted by molar-refractivity contribution is 14.0. The molecule has 0 aromatic carbocycles. The lowest BCUT2D eigenvalue weighted by atomic mass is 10.3. The number of aryl methyl sites for hydroxylation is 1. The molecule has 1 N–H and O–H groups in total. The van der Waals surface area contributed by atoms with Gasteiger partial charge in [-0.3, -0.25) is 4.99 Å². The molecule has 0 unspecified atom stereocenters. The van der Waals surface area contributed by atoms with Gasteiger partial charge in [0.05, 0.1) is 5.01 Å². The molecule has 0 saturated heterocycles. The molecular weight excluding hydrogens is 395 g/mol. The minimum Gasteiger partial charge on any atom is -0.356 e. The smallest absolute Gasteiger partial charge is 0.193 e. The van der Waals surface area contributed by atoms with Crippen LogP contribution in [0.3, 0.4) is 0 Å². The lowest BCUT2D eigenvalue weighted by Crippen LogP contribution is -2.40. The van der Waals surface area contributed by atoms with Gasteiger partial charge in [0.1, 0.15) is 0 Å². The number of hydrogen-bond donors (Lipinski definition) is 1. The summed E-state index contributed by atoms with van der Waals surface area (Å²) < 4.78 is 0. The molecule has 0 spiro atoms. The number of unbranched alkanes of at least 4 members (excludes halogenated alkanes) is 1. The first-order valence-corrected chi connectivity index (χ1v) is 7.99. The molecule has 0 fully saturated rings. The molecule has 6 heteroatoms. The average molecular weight is 422 g/mol. The molecule has 0 aliphatic carbocycles. The number of nitrogens with one attached hydrogen (secondary N) is 1. The fourth-order valence-corrected chi connectivity index (χ4v) is 2.73. The summed E-state index contributed by atoms with van der Waals surface area (Å²) in [6, 6.07) is 0. The molecule has 4 nitrogen and oxygen atoms in total. The molecule has 1 rings (SSSR count). The molecule has 0 atom stereocenters. The van der Waals surface area contributed by atoms with Crippen molar-refractivity contribution < 1.29 is 0 Å². The van der Waals surface area contributed by atoms with E-state index in [1.807, 2.05) is 19.3 Å². The van der Waals surface area contributed by atoms with E-state index in [1.165, 1.54) is 9.88 Å². The van der Waals surface area contributed by atoms with E-state index in [4.69, 9.17) is 0 Å². The molecule has 1 heterocycles. The third-order valence-corrected chi connectivity index (χ3v) is 4.25. The summed E-state index contributed by atoms with van der Waals surface area (Å²) >= 11 is 1.80. The Kier molecular flexibility index (Phi) is 11.6. The van der Waals surface area contributed by atoms with Gasteiger partial charge < -0.3 is 10.2 Å². The SMILES string of the molecule is C=CCCCN(C)C(=NC)NCCc1ncc(CC)s1.I. The maximum Gasteiger partial charge on any atom is 0.193 e. The predicted octanol–water partition coefficient (Wildman–Crippen LogP) is 3.34. The standard InChI is InChI=1S/C15H26N4S.HI/c1-5-7-8-11-19(4)15(16-3)17-10-9-14-18-12-13(6-2)20-14;/h5,12H,1,6-11H2,2-4H3,(H,16,17);1H. The summed E-state index contributed by atoms with van der Waals surface area (Å²) in [6.45, 7) is 7.77. The van der Waals surface area contributed by atoms with Gasteiger partial charge in [0.15, 0.2) is 5.96 Å². The summed E-state index contributed by atoms with van der Waals surface area (Å²) in [5.74, 6) is 0.946. The van der Waals surface area contributed by atoms with E-state index in [-0.39, 0.29) is 24.0 Å². The minimum absolute atomic E-state index is 0. The maximum atomic E-state index is 4.43. The molecular formula is C15H27IN4S. The van der Waals surface area contributed by atoms with E-state index in [9.17, 15) is 0 Å². The molecule has 0 aliphatic heterocycles. The van der Waals surface area contributed by atoms with Crippen LogP contribution in [-0.4, -0.2) is 43.0 Å². The van der Waals surface area contributed by atoms with E-state index in [2.05, 4.69) is 40.7 Å². The van der Waals surface area contributed by atoms with Gasteiger partial charge in [-0.2, -0.15) is 0 Å². The first-order chi connectivity index (χ1) is 9.71. The molecule has 1 aromatic heterocycles. The van der Waals surface area contributed by atoms with Crippen LogP contribution < -0.4 is 5.32 Å². The Labute approximate surface area is 149 Å². The van der Waals surface area contributed by atoms with Crippen LogP contribution >= 0.6 is 35.3 Å². The first kappa shape index (κ1) is 20.4. The van der Waals surface area contributed by atoms with Crippen LogP contribution in [0.5, 0.6) is 0 Å². The van der Waals surface area contributed by atoms with Gasteiger partial charge in [-0.05, 0) is 19.3 Å². The summed E-state index contributed by atoms with van der Waals surface area (Å²) in [5, 5.41) is 4.58. The Balaban J connectivity index is 0.00000400. The van der Waals surface area contributed by atoms with Gasteiger partial charge in [-0.1, -0.05) is 13.0 Å². The minimum atomic E-state index is 0. The summed E-state index contributed by atoms with van der Waals surface area (Å²) in [6.07, 6.45) is 8.10. The van der Waals surface area contributed by atoms with Gasteiger partial charge in [-0.25, -0.2) is 4.98 Å². The molecule has 120 valence electrons. The number of aliphatic imine (C=N–C) groups is 1. The van der Waals surface area contributed by atoms with Crippen molar-refractivity contribution in [3.05, 3.63) is 28.7 Å². The Morgan fingerprint density at radius 1 is 1.57 bits per heavy atom. The van der Waals surface area contributed by atoms with Crippen LogP contribution in [0.4, 0.5) is 0 Å². The van der Waals surface area contributed by atoms with Crippen molar-refractivity contribution in [2.24, 2.45) is 4.99 Å². The zero-order chi connectivity index (χ0) is 14.8. The van der Waals surface area contributed by atoms with E-state index in [0.717, 1.165) is 44.7 Å². The van der Waals surface area contributed by atoms with Crippen molar-refractivity contribution in [3.8, 4) is 0 Å². The Hall–Kier alpha value is -0.630. The van der Waals surface area contributed by atoms with Crippen molar-refractivity contribution in [1.82, 2.24) is 15.2 Å². The lowest BCUT2D eigenvalue weighted by molar-refractivity contribution is 0.470. The molecule has 1 aromatic rings. The number of guanidine groups is 1. The van der Waals surface area contributed by atoms with Crippen molar-refractivity contribution in [2.45, 2.75) is 32.6 Å². The summed E-state index contributed by atoms with van der Waals surface area (Å²) in [4.78, 5) is 12.2. The largest absolute Gasteiger partial charge is 0.356 e. The van der Waals surface area contributed by atoms with E-state index >= 15 is 0 Å². The van der Waals surface area contributed by atoms with Gasteiger partial charge in [0.2, 0.25) is 0 Å². The third-order valence-electron chi connectivity index (χ3n) is 3.05. The molecule has 21 heavy (non-hydrogen) atoms. The number of hydrogen-bond acceptors (Lipinski definition) is 3. The predicted molar refractivity (Wildman–Crippen MR) is 104 cm³/mol. The van der Waals surface area contributed by atoms with Crippen molar-refractivity contribution >= 4 is 41.3 Å². The third kappa shape index (κ3) is 7.80. The van der Waals surface area contributed by atoms with Crippen molar-refractivity contribution in [2.75, 3.05) is 27.2 Å². The molecule has 0 saturated carbocycles. The van der Waals surface area contributed by atoms with E-state index in [0.29, 0.717) is 0 Å². The van der Waals surface area contributed by atoms with Crippen LogP contribution in [0.2, 0.25) is 0 Å². The topological polar surface area (TPSA) is 40.5 Å². The van der Waals surface area contributed by atoms with Crippen molar-refractivity contribution in [3.63, 3.8) is 0 Å². The van der Waals surface area contributed by atoms with Crippen LogP contribution in [0, 0.1) is 0 Å². The molecule has 0 radical (unpaired) electrons. The highest BCUT2D eigenvalue weighted by Gasteiger charge is 2.05. The molecule has 0 aliphatic rings. The van der Waals surface area contributed by atoms with Crippen LogP contribution in [0.25, 0.3) is 0 Å². The van der Waals surface area contributed by atoms with Gasteiger partial charge in [-0.15, -0.1) is 41.9 Å². The van der Waals surface area contributed by atoms with Gasteiger partial charge in [0.25, 0.3) is 0 Å². The number of rotatable bonds is 8. The quantitative estimate of drug-likeness (QED) is 0.230.